The van der Waals surface area contributed by atoms with E-state index in [4.69, 9.17) is 10.5 Å². The van der Waals surface area contributed by atoms with Crippen LogP contribution in [0.25, 0.3) is 0 Å². The van der Waals surface area contributed by atoms with Gasteiger partial charge in [-0.15, -0.1) is 0 Å². The molecule has 5 nitrogen and oxygen atoms in total. The van der Waals surface area contributed by atoms with E-state index in [1.807, 2.05) is 13.8 Å². The highest BCUT2D eigenvalue weighted by atomic mass is 16.5. The van der Waals surface area contributed by atoms with E-state index in [-0.39, 0.29) is 6.10 Å². The Balaban J connectivity index is 2.90. The molecule has 0 aromatic carbocycles. The monoisotopic (exact) mass is 238 g/mol. The number of carbonyl (C=O) groups is 1. The molecule has 0 fully saturated rings. The summed E-state index contributed by atoms with van der Waals surface area (Å²) in [6, 6.07) is 3.39. The van der Waals surface area contributed by atoms with Crippen molar-refractivity contribution in [2.75, 3.05) is 7.11 Å². The van der Waals surface area contributed by atoms with Crippen LogP contribution in [-0.4, -0.2) is 24.2 Å². The van der Waals surface area contributed by atoms with Crippen LogP contribution in [-0.2, 0) is 15.1 Å². The summed E-state index contributed by atoms with van der Waals surface area (Å²) in [4.78, 5) is 15.6. The van der Waals surface area contributed by atoms with Crippen molar-refractivity contribution in [3.05, 3.63) is 24.0 Å². The van der Waals surface area contributed by atoms with Gasteiger partial charge in [-0.3, -0.25) is 4.98 Å². The van der Waals surface area contributed by atoms with Gasteiger partial charge in [0.2, 0.25) is 0 Å². The molecule has 0 amide bonds. The topological polar surface area (TPSA) is 74.4 Å². The molecule has 5 heteroatoms. The summed E-state index contributed by atoms with van der Waals surface area (Å²) in [7, 11) is 1.30. The fraction of sp³-hybridized carbons (Fsp3) is 0.500. The lowest BCUT2D eigenvalue weighted by molar-refractivity contribution is -0.146. The van der Waals surface area contributed by atoms with Crippen molar-refractivity contribution in [3.8, 4) is 5.75 Å². The molecule has 0 saturated heterocycles. The van der Waals surface area contributed by atoms with Crippen LogP contribution in [0, 0.1) is 0 Å². The molecular weight excluding hydrogens is 220 g/mol. The Bertz CT molecular complexity index is 385. The molecule has 0 saturated carbocycles. The van der Waals surface area contributed by atoms with E-state index in [9.17, 15) is 4.79 Å². The average Bonchev–Trinajstić information content (AvgIpc) is 2.27. The Morgan fingerprint density at radius 3 is 2.53 bits per heavy atom. The molecule has 1 aromatic heterocycles. The van der Waals surface area contributed by atoms with Crippen LogP contribution >= 0.6 is 0 Å². The summed E-state index contributed by atoms with van der Waals surface area (Å²) in [6.07, 6.45) is 1.62. The summed E-state index contributed by atoms with van der Waals surface area (Å²) in [5.41, 5.74) is 5.07. The number of nitrogens with two attached hydrogens (primary N) is 1. The third-order valence-corrected chi connectivity index (χ3v) is 2.25. The second kappa shape index (κ2) is 5.14. The van der Waals surface area contributed by atoms with Crippen molar-refractivity contribution in [2.24, 2.45) is 5.73 Å². The number of ether oxygens (including phenoxy) is 2. The van der Waals surface area contributed by atoms with Crippen LogP contribution in [0.3, 0.4) is 0 Å². The standard InChI is InChI=1S/C12H18N2O3/c1-8(2)17-9-5-6-10(14-7-9)12(3,13)11(15)16-4/h5-8H,13H2,1-4H3/t12-/m0/s1. The largest absolute Gasteiger partial charge is 0.489 e. The van der Waals surface area contributed by atoms with Crippen molar-refractivity contribution in [1.82, 2.24) is 4.98 Å². The number of pyridine rings is 1. The van der Waals surface area contributed by atoms with Gasteiger partial charge in [0.15, 0.2) is 5.54 Å². The van der Waals surface area contributed by atoms with E-state index in [1.165, 1.54) is 7.11 Å². The quantitative estimate of drug-likeness (QED) is 0.798. The lowest BCUT2D eigenvalue weighted by Crippen LogP contribution is -2.43. The van der Waals surface area contributed by atoms with E-state index in [2.05, 4.69) is 9.72 Å². The molecule has 1 aromatic rings. The minimum absolute atomic E-state index is 0.0764. The van der Waals surface area contributed by atoms with Gasteiger partial charge in [-0.25, -0.2) is 4.79 Å². The minimum atomic E-state index is -1.24. The Kier molecular flexibility index (Phi) is 4.07. The third-order valence-electron chi connectivity index (χ3n) is 2.25. The molecule has 0 aliphatic carbocycles. The SMILES string of the molecule is COC(=O)[C@@](C)(N)c1ccc(OC(C)C)cn1. The highest BCUT2D eigenvalue weighted by Gasteiger charge is 2.33. The van der Waals surface area contributed by atoms with Crippen molar-refractivity contribution < 1.29 is 14.3 Å². The Labute approximate surface area is 101 Å². The molecule has 94 valence electrons. The maximum absolute atomic E-state index is 11.5. The smallest absolute Gasteiger partial charge is 0.331 e. The van der Waals surface area contributed by atoms with Crippen LogP contribution < -0.4 is 10.5 Å². The Morgan fingerprint density at radius 1 is 1.47 bits per heavy atom. The Morgan fingerprint density at radius 2 is 2.12 bits per heavy atom. The van der Waals surface area contributed by atoms with Crippen LogP contribution in [0.15, 0.2) is 18.3 Å². The van der Waals surface area contributed by atoms with Gasteiger partial charge < -0.3 is 15.2 Å². The molecule has 2 N–H and O–H groups in total. The maximum Gasteiger partial charge on any atom is 0.331 e. The first-order valence-electron chi connectivity index (χ1n) is 5.38. The van der Waals surface area contributed by atoms with E-state index in [0.717, 1.165) is 0 Å². The van der Waals surface area contributed by atoms with Crippen molar-refractivity contribution in [3.63, 3.8) is 0 Å². The first kappa shape index (κ1) is 13.4. The summed E-state index contributed by atoms with van der Waals surface area (Å²) < 4.78 is 10.1. The average molecular weight is 238 g/mol. The molecule has 0 unspecified atom stereocenters. The highest BCUT2D eigenvalue weighted by molar-refractivity contribution is 5.81. The number of esters is 1. The van der Waals surface area contributed by atoms with E-state index >= 15 is 0 Å². The fourth-order valence-corrected chi connectivity index (χ4v) is 1.35. The van der Waals surface area contributed by atoms with Crippen molar-refractivity contribution in [2.45, 2.75) is 32.4 Å². The lowest BCUT2D eigenvalue weighted by atomic mass is 9.99. The minimum Gasteiger partial charge on any atom is -0.489 e. The molecule has 0 spiro atoms. The molecule has 1 rings (SSSR count). The van der Waals surface area contributed by atoms with E-state index in [1.54, 1.807) is 25.3 Å². The molecule has 1 heterocycles. The number of methoxy groups -OCH3 is 1. The number of hydrogen-bond donors (Lipinski definition) is 1. The van der Waals surface area contributed by atoms with E-state index < -0.39 is 11.5 Å². The zero-order chi connectivity index (χ0) is 13.1. The first-order chi connectivity index (χ1) is 7.87. The zero-order valence-corrected chi connectivity index (χ0v) is 10.6. The number of aromatic nitrogens is 1. The lowest BCUT2D eigenvalue weighted by Gasteiger charge is -2.21. The molecular formula is C12H18N2O3. The maximum atomic E-state index is 11.5. The van der Waals surface area contributed by atoms with Gasteiger partial charge in [-0.2, -0.15) is 0 Å². The van der Waals surface area contributed by atoms with Gasteiger partial charge in [0.25, 0.3) is 0 Å². The van der Waals surface area contributed by atoms with Crippen LogP contribution in [0.2, 0.25) is 0 Å². The number of hydrogen-bond acceptors (Lipinski definition) is 5. The first-order valence-corrected chi connectivity index (χ1v) is 5.38. The van der Waals surface area contributed by atoms with Gasteiger partial charge >= 0.3 is 5.97 Å². The summed E-state index contributed by atoms with van der Waals surface area (Å²) in [5.74, 6) is 0.118. The highest BCUT2D eigenvalue weighted by Crippen LogP contribution is 2.19. The Hall–Kier alpha value is -1.62. The number of rotatable bonds is 4. The summed E-state index contributed by atoms with van der Waals surface area (Å²) in [6.45, 7) is 5.41. The van der Waals surface area contributed by atoms with Gasteiger partial charge in [-0.1, -0.05) is 0 Å². The molecule has 0 bridgehead atoms. The molecule has 1 atom stereocenters. The van der Waals surface area contributed by atoms with Gasteiger partial charge in [0.1, 0.15) is 5.75 Å². The molecule has 17 heavy (non-hydrogen) atoms. The second-order valence-corrected chi connectivity index (χ2v) is 4.24. The van der Waals surface area contributed by atoms with Gasteiger partial charge in [0, 0.05) is 0 Å². The van der Waals surface area contributed by atoms with Gasteiger partial charge in [-0.05, 0) is 32.9 Å². The van der Waals surface area contributed by atoms with Crippen molar-refractivity contribution in [1.29, 1.82) is 0 Å². The number of carbonyl (C=O) groups excluding carboxylic acids is 1. The van der Waals surface area contributed by atoms with Crippen LogP contribution in [0.1, 0.15) is 26.5 Å². The molecule has 0 radical (unpaired) electrons. The molecule has 0 aliphatic heterocycles. The van der Waals surface area contributed by atoms with Crippen LogP contribution in [0.4, 0.5) is 0 Å². The summed E-state index contributed by atoms with van der Waals surface area (Å²) >= 11 is 0. The predicted molar refractivity (Wildman–Crippen MR) is 63.6 cm³/mol. The number of nitrogens with zero attached hydrogens (tertiary/aromatic N) is 1. The van der Waals surface area contributed by atoms with Crippen molar-refractivity contribution >= 4 is 5.97 Å². The van der Waals surface area contributed by atoms with Crippen LogP contribution in [0.5, 0.6) is 5.75 Å². The third kappa shape index (κ3) is 3.17. The zero-order valence-electron chi connectivity index (χ0n) is 10.6. The summed E-state index contributed by atoms with van der Waals surface area (Å²) in [5, 5.41) is 0. The second-order valence-electron chi connectivity index (χ2n) is 4.24. The predicted octanol–water partition coefficient (Wildman–Crippen LogP) is 1.22. The normalized spacial score (nSPS) is 14.2. The molecule has 0 aliphatic rings. The van der Waals surface area contributed by atoms with E-state index in [0.29, 0.717) is 11.4 Å². The fourth-order valence-electron chi connectivity index (χ4n) is 1.35. The van der Waals surface area contributed by atoms with Gasteiger partial charge in [0.05, 0.1) is 25.1 Å².